The summed E-state index contributed by atoms with van der Waals surface area (Å²) in [5, 5.41) is 4.05. The summed E-state index contributed by atoms with van der Waals surface area (Å²) in [5.41, 5.74) is 3.04. The zero-order valence-electron chi connectivity index (χ0n) is 19.9. The summed E-state index contributed by atoms with van der Waals surface area (Å²) >= 11 is 5.77. The first-order valence-corrected chi connectivity index (χ1v) is 11.9. The lowest BCUT2D eigenvalue weighted by Crippen LogP contribution is -2.29. The molecule has 1 aliphatic rings. The van der Waals surface area contributed by atoms with Crippen LogP contribution in [0.3, 0.4) is 0 Å². The van der Waals surface area contributed by atoms with E-state index in [0.29, 0.717) is 34.3 Å². The van der Waals surface area contributed by atoms with Crippen molar-refractivity contribution in [3.63, 3.8) is 0 Å². The van der Waals surface area contributed by atoms with Crippen LogP contribution in [0.25, 0.3) is 11.3 Å². The molecule has 0 amide bonds. The molecule has 182 valence electrons. The Kier molecular flexibility index (Phi) is 6.69. The number of pyridine rings is 1. The Hall–Kier alpha value is -4.17. The second-order valence-electron chi connectivity index (χ2n) is 8.34. The van der Waals surface area contributed by atoms with Gasteiger partial charge < -0.3 is 24.1 Å². The number of esters is 1. The summed E-state index contributed by atoms with van der Waals surface area (Å²) in [7, 11) is 3.02. The van der Waals surface area contributed by atoms with Gasteiger partial charge in [0, 0.05) is 18.3 Å². The zero-order chi connectivity index (χ0) is 25.1. The maximum absolute atomic E-state index is 12.3. The molecule has 36 heavy (non-hydrogen) atoms. The smallest absolute Gasteiger partial charge is 0.338 e. The van der Waals surface area contributed by atoms with Crippen LogP contribution in [0.4, 0.5) is 0 Å². The summed E-state index contributed by atoms with van der Waals surface area (Å²) < 4.78 is 16.7. The molecule has 0 radical (unpaired) electrons. The van der Waals surface area contributed by atoms with E-state index in [-0.39, 0.29) is 12.1 Å². The van der Waals surface area contributed by atoms with E-state index in [1.807, 2.05) is 66.7 Å². The standard InChI is InChI=1S/C28H25N3O4S/c1-33-19-12-10-18(11-13-19)17-31-26(25(30-28(31)36)22-9-5-6-16-29-22)24-15-14-23(35-24)20-7-3-4-8-21(20)27(32)34-2/h3-16,25-26H,17H2,1-2H3,(H,30,36)/t25-,26-/m0/s1. The third-order valence-electron chi connectivity index (χ3n) is 6.23. The molecular formula is C28H25N3O4S. The first-order valence-electron chi connectivity index (χ1n) is 11.5. The highest BCUT2D eigenvalue weighted by Gasteiger charge is 2.41. The monoisotopic (exact) mass is 499 g/mol. The third kappa shape index (κ3) is 4.55. The van der Waals surface area contributed by atoms with Gasteiger partial charge in [-0.3, -0.25) is 4.98 Å². The molecule has 0 unspecified atom stereocenters. The normalized spacial score (nSPS) is 17.1. The van der Waals surface area contributed by atoms with Crippen molar-refractivity contribution >= 4 is 23.3 Å². The van der Waals surface area contributed by atoms with Crippen LogP contribution in [0.15, 0.2) is 89.5 Å². The highest BCUT2D eigenvalue weighted by atomic mass is 32.1. The fourth-order valence-electron chi connectivity index (χ4n) is 4.45. The number of benzene rings is 2. The van der Waals surface area contributed by atoms with E-state index in [0.717, 1.165) is 17.0 Å². The van der Waals surface area contributed by atoms with Crippen LogP contribution in [0.2, 0.25) is 0 Å². The van der Waals surface area contributed by atoms with Gasteiger partial charge in [-0.25, -0.2) is 4.79 Å². The Bertz CT molecular complexity index is 1370. The molecular weight excluding hydrogens is 474 g/mol. The molecule has 2 atom stereocenters. The van der Waals surface area contributed by atoms with Crippen molar-refractivity contribution in [3.05, 3.63) is 108 Å². The molecule has 1 aliphatic heterocycles. The van der Waals surface area contributed by atoms with Gasteiger partial charge in [-0.05, 0) is 60.2 Å². The second-order valence-corrected chi connectivity index (χ2v) is 8.73. The number of hydrogen-bond acceptors (Lipinski definition) is 6. The van der Waals surface area contributed by atoms with Gasteiger partial charge in [0.05, 0.1) is 31.5 Å². The average molecular weight is 500 g/mol. The van der Waals surface area contributed by atoms with Gasteiger partial charge in [0.15, 0.2) is 5.11 Å². The van der Waals surface area contributed by atoms with Crippen LogP contribution in [-0.4, -0.2) is 35.2 Å². The lowest BCUT2D eigenvalue weighted by atomic mass is 10.0. The first-order chi connectivity index (χ1) is 17.6. The SMILES string of the molecule is COC(=O)c1ccccc1-c1ccc([C@H]2[C@H](c3ccccn3)NC(=S)N2Cc2ccc(OC)cc2)o1. The van der Waals surface area contributed by atoms with Crippen molar-refractivity contribution in [2.75, 3.05) is 14.2 Å². The van der Waals surface area contributed by atoms with Gasteiger partial charge >= 0.3 is 5.97 Å². The predicted molar refractivity (Wildman–Crippen MR) is 139 cm³/mol. The number of methoxy groups -OCH3 is 2. The Morgan fingerprint density at radius 1 is 1.03 bits per heavy atom. The molecule has 2 aromatic heterocycles. The minimum atomic E-state index is -0.417. The number of hydrogen-bond donors (Lipinski definition) is 1. The van der Waals surface area contributed by atoms with Gasteiger partial charge in [-0.1, -0.05) is 36.4 Å². The molecule has 1 N–H and O–H groups in total. The van der Waals surface area contributed by atoms with Crippen molar-refractivity contribution in [1.29, 1.82) is 0 Å². The molecule has 0 spiro atoms. The van der Waals surface area contributed by atoms with Crippen molar-refractivity contribution in [1.82, 2.24) is 15.2 Å². The number of thiocarbonyl (C=S) groups is 1. The average Bonchev–Trinajstić information content (AvgIpc) is 3.54. The van der Waals surface area contributed by atoms with E-state index in [2.05, 4.69) is 15.2 Å². The zero-order valence-corrected chi connectivity index (χ0v) is 20.7. The van der Waals surface area contributed by atoms with E-state index in [1.165, 1.54) is 7.11 Å². The third-order valence-corrected chi connectivity index (χ3v) is 6.58. The van der Waals surface area contributed by atoms with E-state index in [4.69, 9.17) is 26.1 Å². The lowest BCUT2D eigenvalue weighted by molar-refractivity contribution is 0.0601. The number of nitrogens with one attached hydrogen (secondary N) is 1. The Labute approximate surface area is 214 Å². The predicted octanol–water partition coefficient (Wildman–Crippen LogP) is 5.31. The van der Waals surface area contributed by atoms with Gasteiger partial charge in [0.25, 0.3) is 0 Å². The molecule has 3 heterocycles. The molecule has 5 rings (SSSR count). The van der Waals surface area contributed by atoms with Gasteiger partial charge in [0.2, 0.25) is 0 Å². The van der Waals surface area contributed by atoms with Crippen LogP contribution in [0.1, 0.15) is 39.5 Å². The molecule has 0 aliphatic carbocycles. The van der Waals surface area contributed by atoms with E-state index >= 15 is 0 Å². The van der Waals surface area contributed by atoms with Crippen molar-refractivity contribution in [3.8, 4) is 17.1 Å². The lowest BCUT2D eigenvalue weighted by Gasteiger charge is -2.26. The van der Waals surface area contributed by atoms with Crippen LogP contribution in [0.5, 0.6) is 5.75 Å². The summed E-state index contributed by atoms with van der Waals surface area (Å²) in [6.45, 7) is 0.568. The minimum absolute atomic E-state index is 0.216. The van der Waals surface area contributed by atoms with Crippen LogP contribution < -0.4 is 10.1 Å². The molecule has 4 aromatic rings. The van der Waals surface area contributed by atoms with Crippen LogP contribution >= 0.6 is 12.2 Å². The Morgan fingerprint density at radius 3 is 2.53 bits per heavy atom. The molecule has 0 bridgehead atoms. The molecule has 7 nitrogen and oxygen atoms in total. The number of aromatic nitrogens is 1. The summed E-state index contributed by atoms with van der Waals surface area (Å²) in [6, 6.07) is 24.3. The van der Waals surface area contributed by atoms with E-state index in [9.17, 15) is 4.79 Å². The fraction of sp³-hybridized carbons (Fsp3) is 0.179. The van der Waals surface area contributed by atoms with Crippen LogP contribution in [-0.2, 0) is 11.3 Å². The highest BCUT2D eigenvalue weighted by Crippen LogP contribution is 2.41. The summed E-state index contributed by atoms with van der Waals surface area (Å²) in [4.78, 5) is 19.0. The molecule has 8 heteroatoms. The molecule has 2 aromatic carbocycles. The number of carbonyl (C=O) groups is 1. The van der Waals surface area contributed by atoms with Crippen molar-refractivity contribution in [2.24, 2.45) is 0 Å². The van der Waals surface area contributed by atoms with Crippen molar-refractivity contribution in [2.45, 2.75) is 18.6 Å². The van der Waals surface area contributed by atoms with Gasteiger partial charge in [-0.2, -0.15) is 0 Å². The van der Waals surface area contributed by atoms with E-state index < -0.39 is 5.97 Å². The number of furan rings is 1. The molecule has 0 saturated carbocycles. The maximum atomic E-state index is 12.3. The number of ether oxygens (including phenoxy) is 2. The van der Waals surface area contributed by atoms with Gasteiger partial charge in [0.1, 0.15) is 23.3 Å². The quantitative estimate of drug-likeness (QED) is 0.271. The number of rotatable bonds is 7. The number of carbonyl (C=O) groups excluding carboxylic acids is 1. The Balaban J connectivity index is 1.53. The van der Waals surface area contributed by atoms with E-state index in [1.54, 1.807) is 25.4 Å². The topological polar surface area (TPSA) is 76.8 Å². The van der Waals surface area contributed by atoms with Crippen molar-refractivity contribution < 1.29 is 18.7 Å². The minimum Gasteiger partial charge on any atom is -0.497 e. The van der Waals surface area contributed by atoms with Crippen LogP contribution in [0, 0.1) is 0 Å². The molecule has 1 saturated heterocycles. The molecule has 1 fully saturated rings. The van der Waals surface area contributed by atoms with Gasteiger partial charge in [-0.15, -0.1) is 0 Å². The fourth-order valence-corrected chi connectivity index (χ4v) is 4.76. The first kappa shape index (κ1) is 23.6. The highest BCUT2D eigenvalue weighted by molar-refractivity contribution is 7.80. The summed E-state index contributed by atoms with van der Waals surface area (Å²) in [5.74, 6) is 1.66. The second kappa shape index (κ2) is 10.2. The maximum Gasteiger partial charge on any atom is 0.338 e. The number of nitrogens with zero attached hydrogens (tertiary/aromatic N) is 2. The Morgan fingerprint density at radius 2 is 1.81 bits per heavy atom. The largest absolute Gasteiger partial charge is 0.497 e. The summed E-state index contributed by atoms with van der Waals surface area (Å²) in [6.07, 6.45) is 1.77.